The van der Waals surface area contributed by atoms with Crippen LogP contribution >= 0.6 is 23.2 Å². The van der Waals surface area contributed by atoms with Crippen LogP contribution in [0.25, 0.3) is 0 Å². The summed E-state index contributed by atoms with van der Waals surface area (Å²) in [6, 6.07) is 4.63. The highest BCUT2D eigenvalue weighted by atomic mass is 35.5. The van der Waals surface area contributed by atoms with E-state index in [0.29, 0.717) is 10.8 Å². The average molecular weight is 470 g/mol. The van der Waals surface area contributed by atoms with Crippen molar-refractivity contribution < 1.29 is 28.5 Å². The molecule has 31 heavy (non-hydrogen) atoms. The van der Waals surface area contributed by atoms with Crippen molar-refractivity contribution >= 4 is 46.3 Å². The van der Waals surface area contributed by atoms with Crippen LogP contribution in [0, 0.1) is 0 Å². The van der Waals surface area contributed by atoms with Gasteiger partial charge in [0.05, 0.1) is 33.5 Å². The van der Waals surface area contributed by atoms with Crippen LogP contribution in [0.4, 0.5) is 11.4 Å². The number of ketones is 1. The second-order valence-corrected chi connectivity index (χ2v) is 6.88. The lowest BCUT2D eigenvalue weighted by molar-refractivity contribution is -0.126. The van der Waals surface area contributed by atoms with Crippen molar-refractivity contribution in [2.24, 2.45) is 10.2 Å². The molecule has 2 aromatic carbocycles. The van der Waals surface area contributed by atoms with Gasteiger partial charge in [0, 0.05) is 11.1 Å². The predicted molar refractivity (Wildman–Crippen MR) is 117 cm³/mol. The molecule has 0 aliphatic heterocycles. The third-order valence-corrected chi connectivity index (χ3v) is 4.60. The number of hydrogen-bond donors (Lipinski definition) is 1. The number of carbonyl (C=O) groups is 2. The zero-order valence-electron chi connectivity index (χ0n) is 17.5. The number of amides is 1. The van der Waals surface area contributed by atoms with Gasteiger partial charge in [0.1, 0.15) is 17.1 Å². The third-order valence-electron chi connectivity index (χ3n) is 4.08. The summed E-state index contributed by atoms with van der Waals surface area (Å²) >= 11 is 12.2. The number of carbonyl (C=O) groups excluding carboxylic acids is 2. The van der Waals surface area contributed by atoms with Gasteiger partial charge in [-0.25, -0.2) is 0 Å². The third kappa shape index (κ3) is 5.56. The molecule has 0 heterocycles. The van der Waals surface area contributed by atoms with Crippen molar-refractivity contribution in [2.45, 2.75) is 13.0 Å². The van der Waals surface area contributed by atoms with Crippen LogP contribution in [0.1, 0.15) is 6.92 Å². The van der Waals surface area contributed by atoms with E-state index < -0.39 is 17.7 Å². The number of benzene rings is 2. The quantitative estimate of drug-likeness (QED) is 0.420. The van der Waals surface area contributed by atoms with E-state index in [1.165, 1.54) is 47.5 Å². The molecule has 0 fully saturated rings. The highest BCUT2D eigenvalue weighted by molar-refractivity contribution is 6.33. The highest BCUT2D eigenvalue weighted by Gasteiger charge is 2.26. The number of ether oxygens (including phenoxy) is 4. The maximum absolute atomic E-state index is 12.8. The van der Waals surface area contributed by atoms with Gasteiger partial charge in [0.2, 0.25) is 6.04 Å². The van der Waals surface area contributed by atoms with E-state index in [1.807, 2.05) is 0 Å². The minimum Gasteiger partial charge on any atom is -0.494 e. The Labute approximate surface area is 189 Å². The van der Waals surface area contributed by atoms with E-state index in [4.69, 9.17) is 42.1 Å². The number of hydrogen-bond acceptors (Lipinski definition) is 8. The minimum atomic E-state index is -1.47. The summed E-state index contributed by atoms with van der Waals surface area (Å²) in [5.74, 6) is -0.278. The molecule has 0 aliphatic carbocycles. The zero-order valence-corrected chi connectivity index (χ0v) is 19.0. The molecule has 0 aromatic heterocycles. The first-order valence-electron chi connectivity index (χ1n) is 8.81. The van der Waals surface area contributed by atoms with Crippen LogP contribution in [0.15, 0.2) is 34.5 Å². The molecular weight excluding hydrogens is 449 g/mol. The van der Waals surface area contributed by atoms with Crippen molar-refractivity contribution in [3.8, 4) is 23.0 Å². The number of methoxy groups -OCH3 is 4. The fraction of sp³-hybridized carbons (Fsp3) is 0.300. The molecule has 1 unspecified atom stereocenters. The Balaban J connectivity index is 2.41. The zero-order chi connectivity index (χ0) is 23.1. The number of Topliss-reactive ketones (excluding diaryl/α,β-unsaturated/α-hetero) is 1. The molecule has 0 radical (unpaired) electrons. The van der Waals surface area contributed by atoms with Crippen LogP contribution in [0.3, 0.4) is 0 Å². The van der Waals surface area contributed by atoms with E-state index in [-0.39, 0.29) is 33.6 Å². The lowest BCUT2D eigenvalue weighted by atomic mass is 10.2. The first-order chi connectivity index (χ1) is 14.8. The number of nitrogens with one attached hydrogen (secondary N) is 1. The maximum Gasteiger partial charge on any atom is 0.259 e. The second-order valence-electron chi connectivity index (χ2n) is 6.04. The summed E-state index contributed by atoms with van der Waals surface area (Å²) in [6.07, 6.45) is 0. The SMILES string of the molecule is COc1ccc(Cl)c(OC)c1NC(=O)C(N=Nc1cc(Cl)cc(OC)c1OC)C(C)=O. The van der Waals surface area contributed by atoms with E-state index >= 15 is 0 Å². The first-order valence-corrected chi connectivity index (χ1v) is 9.57. The van der Waals surface area contributed by atoms with E-state index in [2.05, 4.69) is 15.5 Å². The fourth-order valence-electron chi connectivity index (χ4n) is 2.64. The standard InChI is InChI=1S/C20H21Cl2N3O6/c1-10(26)16(25-24-13-8-11(21)9-15(29-3)19(13)31-5)20(27)23-17-14(28-2)7-6-12(22)18(17)30-4/h6-9,16H,1-5H3,(H,23,27). The summed E-state index contributed by atoms with van der Waals surface area (Å²) in [5, 5.41) is 11.0. The number of rotatable bonds is 9. The van der Waals surface area contributed by atoms with Gasteiger partial charge in [0.15, 0.2) is 23.0 Å². The lowest BCUT2D eigenvalue weighted by Crippen LogP contribution is -2.32. The molecule has 0 spiro atoms. The summed E-state index contributed by atoms with van der Waals surface area (Å²) in [5.41, 5.74) is 0.342. The van der Waals surface area contributed by atoms with Crippen molar-refractivity contribution in [3.63, 3.8) is 0 Å². The lowest BCUT2D eigenvalue weighted by Gasteiger charge is -2.16. The Bertz CT molecular complexity index is 1010. The molecule has 166 valence electrons. The summed E-state index contributed by atoms with van der Waals surface area (Å²) < 4.78 is 21.0. The molecule has 11 heteroatoms. The van der Waals surface area contributed by atoms with Crippen LogP contribution in [-0.4, -0.2) is 46.2 Å². The van der Waals surface area contributed by atoms with Gasteiger partial charge < -0.3 is 24.3 Å². The van der Waals surface area contributed by atoms with Gasteiger partial charge in [-0.3, -0.25) is 9.59 Å². The second kappa shape index (κ2) is 10.8. The van der Waals surface area contributed by atoms with Gasteiger partial charge in [-0.2, -0.15) is 10.2 Å². The summed E-state index contributed by atoms with van der Waals surface area (Å²) in [4.78, 5) is 25.0. The van der Waals surface area contributed by atoms with E-state index in [9.17, 15) is 9.59 Å². The Kier molecular flexibility index (Phi) is 8.47. The molecule has 1 N–H and O–H groups in total. The van der Waals surface area contributed by atoms with Gasteiger partial charge >= 0.3 is 0 Å². The number of nitrogens with zero attached hydrogens (tertiary/aromatic N) is 2. The minimum absolute atomic E-state index is 0.158. The number of azo groups is 1. The molecule has 2 rings (SSSR count). The van der Waals surface area contributed by atoms with Crippen LogP contribution < -0.4 is 24.3 Å². The Morgan fingerprint density at radius 1 is 0.935 bits per heavy atom. The molecule has 0 bridgehead atoms. The fourth-order valence-corrected chi connectivity index (χ4v) is 3.08. The summed E-state index contributed by atoms with van der Waals surface area (Å²) in [6.45, 7) is 1.21. The van der Waals surface area contributed by atoms with Crippen LogP contribution in [0.2, 0.25) is 10.0 Å². The van der Waals surface area contributed by atoms with Crippen molar-refractivity contribution in [1.29, 1.82) is 0 Å². The Hall–Kier alpha value is -3.04. The normalized spacial score (nSPS) is 11.7. The van der Waals surface area contributed by atoms with Crippen molar-refractivity contribution in [2.75, 3.05) is 33.8 Å². The molecule has 1 amide bonds. The monoisotopic (exact) mass is 469 g/mol. The largest absolute Gasteiger partial charge is 0.494 e. The van der Waals surface area contributed by atoms with E-state index in [1.54, 1.807) is 12.1 Å². The van der Waals surface area contributed by atoms with E-state index in [0.717, 1.165) is 0 Å². The van der Waals surface area contributed by atoms with Crippen LogP contribution in [0.5, 0.6) is 23.0 Å². The predicted octanol–water partition coefficient (Wildman–Crippen LogP) is 4.71. The first kappa shape index (κ1) is 24.2. The molecule has 2 aromatic rings. The van der Waals surface area contributed by atoms with Gasteiger partial charge in [-0.05, 0) is 25.1 Å². The Morgan fingerprint density at radius 3 is 2.13 bits per heavy atom. The number of anilines is 1. The Morgan fingerprint density at radius 2 is 1.58 bits per heavy atom. The molecular formula is C20H21Cl2N3O6. The maximum atomic E-state index is 12.8. The molecule has 0 saturated carbocycles. The average Bonchev–Trinajstić information content (AvgIpc) is 2.73. The molecule has 0 saturated heterocycles. The molecule has 0 aliphatic rings. The van der Waals surface area contributed by atoms with Gasteiger partial charge in [0.25, 0.3) is 5.91 Å². The number of halogens is 2. The smallest absolute Gasteiger partial charge is 0.259 e. The molecule has 1 atom stereocenters. The highest BCUT2D eigenvalue weighted by Crippen LogP contribution is 2.41. The summed E-state index contributed by atoms with van der Waals surface area (Å²) in [7, 11) is 5.65. The van der Waals surface area contributed by atoms with Gasteiger partial charge in [-0.15, -0.1) is 0 Å². The van der Waals surface area contributed by atoms with Crippen LogP contribution in [-0.2, 0) is 9.59 Å². The van der Waals surface area contributed by atoms with Crippen molar-refractivity contribution in [3.05, 3.63) is 34.3 Å². The van der Waals surface area contributed by atoms with Gasteiger partial charge in [-0.1, -0.05) is 23.2 Å². The molecule has 9 nitrogen and oxygen atoms in total. The van der Waals surface area contributed by atoms with Crippen molar-refractivity contribution in [1.82, 2.24) is 0 Å². The topological polar surface area (TPSA) is 108 Å².